The number of β-amino-alcohol motifs (C(OH)–C–C–N with tert-alkyl or cyclic N) is 1. The normalized spacial score (nSPS) is 23.4. The average Bonchev–Trinajstić information content (AvgIpc) is 2.82. The number of aromatic nitrogens is 1. The lowest BCUT2D eigenvalue weighted by molar-refractivity contribution is -0.141. The third kappa shape index (κ3) is 3.05. The minimum absolute atomic E-state index is 0.0336. The summed E-state index contributed by atoms with van der Waals surface area (Å²) in [5, 5.41) is 21.3. The van der Waals surface area contributed by atoms with Crippen molar-refractivity contribution in [1.82, 2.24) is 15.2 Å². The highest BCUT2D eigenvalue weighted by atomic mass is 16.4. The molecule has 7 heteroatoms. The van der Waals surface area contributed by atoms with Crippen LogP contribution in [0.15, 0.2) is 24.5 Å². The summed E-state index contributed by atoms with van der Waals surface area (Å²) in [4.78, 5) is 28.2. The minimum atomic E-state index is -1.10. The second kappa shape index (κ2) is 5.87. The lowest BCUT2D eigenvalue weighted by Crippen LogP contribution is -2.46. The molecule has 1 aliphatic heterocycles. The lowest BCUT2D eigenvalue weighted by Gasteiger charge is -2.24. The fraction of sp³-hybridized carbons (Fsp3) is 0.462. The molecule has 1 unspecified atom stereocenters. The van der Waals surface area contributed by atoms with Crippen molar-refractivity contribution in [1.29, 1.82) is 0 Å². The fourth-order valence-corrected chi connectivity index (χ4v) is 2.28. The number of carbonyl (C=O) groups excluding carboxylic acids is 1. The molecule has 1 aliphatic rings. The van der Waals surface area contributed by atoms with Crippen molar-refractivity contribution < 1.29 is 19.8 Å². The van der Waals surface area contributed by atoms with Gasteiger partial charge in [0.2, 0.25) is 0 Å². The van der Waals surface area contributed by atoms with Crippen LogP contribution in [0.2, 0.25) is 0 Å². The SMILES string of the molecule is CC(NC(=O)N1C[C@@H](O)C[C@H]1C(=O)O)c1ccncc1. The van der Waals surface area contributed by atoms with Crippen LogP contribution in [0.1, 0.15) is 24.9 Å². The molecule has 2 heterocycles. The molecule has 0 spiro atoms. The Morgan fingerprint density at radius 3 is 2.70 bits per heavy atom. The molecule has 108 valence electrons. The molecule has 0 radical (unpaired) electrons. The van der Waals surface area contributed by atoms with Crippen molar-refractivity contribution in [3.05, 3.63) is 30.1 Å². The van der Waals surface area contributed by atoms with Crippen LogP contribution in [0.25, 0.3) is 0 Å². The van der Waals surface area contributed by atoms with Crippen LogP contribution >= 0.6 is 0 Å². The van der Waals surface area contributed by atoms with Crippen LogP contribution in [0.4, 0.5) is 4.79 Å². The molecule has 20 heavy (non-hydrogen) atoms. The molecule has 1 fully saturated rings. The van der Waals surface area contributed by atoms with E-state index in [0.29, 0.717) is 0 Å². The summed E-state index contributed by atoms with van der Waals surface area (Å²) in [5.41, 5.74) is 0.875. The Hall–Kier alpha value is -2.15. The quantitative estimate of drug-likeness (QED) is 0.742. The highest BCUT2D eigenvalue weighted by Crippen LogP contribution is 2.19. The first-order valence-electron chi connectivity index (χ1n) is 6.37. The molecule has 3 N–H and O–H groups in total. The Bertz CT molecular complexity index is 494. The molecule has 2 rings (SSSR count). The number of aliphatic hydroxyl groups excluding tert-OH is 1. The highest BCUT2D eigenvalue weighted by Gasteiger charge is 2.39. The maximum Gasteiger partial charge on any atom is 0.326 e. The molecule has 7 nitrogen and oxygen atoms in total. The number of carboxylic acids is 1. The molecule has 1 aromatic rings. The van der Waals surface area contributed by atoms with Crippen LogP contribution in [0.3, 0.4) is 0 Å². The summed E-state index contributed by atoms with van der Waals surface area (Å²) < 4.78 is 0. The Labute approximate surface area is 116 Å². The third-order valence-corrected chi connectivity index (χ3v) is 3.37. The summed E-state index contributed by atoms with van der Waals surface area (Å²) in [6, 6.07) is 1.82. The molecule has 0 aromatic carbocycles. The third-order valence-electron chi connectivity index (χ3n) is 3.37. The van der Waals surface area contributed by atoms with E-state index in [4.69, 9.17) is 5.11 Å². The maximum atomic E-state index is 12.1. The highest BCUT2D eigenvalue weighted by molar-refractivity contribution is 5.83. The number of carbonyl (C=O) groups is 2. The van der Waals surface area contributed by atoms with E-state index in [9.17, 15) is 14.7 Å². The van der Waals surface area contributed by atoms with Crippen LogP contribution in [0.5, 0.6) is 0 Å². The Kier molecular flexibility index (Phi) is 4.19. The van der Waals surface area contributed by atoms with Gasteiger partial charge in [0.1, 0.15) is 6.04 Å². The Balaban J connectivity index is 2.02. The predicted octanol–water partition coefficient (Wildman–Crippen LogP) is 0.372. The zero-order valence-corrected chi connectivity index (χ0v) is 11.1. The van der Waals surface area contributed by atoms with Crippen molar-refractivity contribution >= 4 is 12.0 Å². The molecule has 3 atom stereocenters. The Morgan fingerprint density at radius 2 is 2.10 bits per heavy atom. The molecule has 0 bridgehead atoms. The zero-order valence-electron chi connectivity index (χ0n) is 11.1. The molecular formula is C13H17N3O4. The smallest absolute Gasteiger partial charge is 0.326 e. The van der Waals surface area contributed by atoms with E-state index >= 15 is 0 Å². The van der Waals surface area contributed by atoms with Gasteiger partial charge in [-0.1, -0.05) is 0 Å². The van der Waals surface area contributed by atoms with E-state index in [-0.39, 0.29) is 19.0 Å². The minimum Gasteiger partial charge on any atom is -0.480 e. The van der Waals surface area contributed by atoms with E-state index < -0.39 is 24.1 Å². The molecular weight excluding hydrogens is 262 g/mol. The molecule has 2 amide bonds. The van der Waals surface area contributed by atoms with Gasteiger partial charge in [0.15, 0.2) is 0 Å². The van der Waals surface area contributed by atoms with Crippen LogP contribution in [-0.2, 0) is 4.79 Å². The summed E-state index contributed by atoms with van der Waals surface area (Å²) in [6.07, 6.45) is 2.51. The van der Waals surface area contributed by atoms with Gasteiger partial charge >= 0.3 is 12.0 Å². The number of amides is 2. The first-order chi connectivity index (χ1) is 9.49. The number of aliphatic hydroxyl groups is 1. The number of nitrogens with one attached hydrogen (secondary N) is 1. The largest absolute Gasteiger partial charge is 0.480 e. The molecule has 1 aromatic heterocycles. The van der Waals surface area contributed by atoms with Crippen molar-refractivity contribution in [3.63, 3.8) is 0 Å². The van der Waals surface area contributed by atoms with E-state index in [0.717, 1.165) is 10.5 Å². The van der Waals surface area contributed by atoms with Crippen LogP contribution in [-0.4, -0.2) is 50.8 Å². The van der Waals surface area contributed by atoms with Gasteiger partial charge in [-0.25, -0.2) is 9.59 Å². The number of nitrogens with zero attached hydrogens (tertiary/aromatic N) is 2. The van der Waals surface area contributed by atoms with Gasteiger partial charge < -0.3 is 20.4 Å². The zero-order chi connectivity index (χ0) is 14.7. The number of urea groups is 1. The van der Waals surface area contributed by atoms with Crippen LogP contribution in [0, 0.1) is 0 Å². The first kappa shape index (κ1) is 14.3. The Morgan fingerprint density at radius 1 is 1.45 bits per heavy atom. The van der Waals surface area contributed by atoms with Gasteiger partial charge in [-0.3, -0.25) is 4.98 Å². The first-order valence-corrected chi connectivity index (χ1v) is 6.37. The van der Waals surface area contributed by atoms with Crippen molar-refractivity contribution in [2.24, 2.45) is 0 Å². The van der Waals surface area contributed by atoms with Gasteiger partial charge in [-0.15, -0.1) is 0 Å². The number of aliphatic carboxylic acids is 1. The van der Waals surface area contributed by atoms with E-state index in [2.05, 4.69) is 10.3 Å². The van der Waals surface area contributed by atoms with E-state index in [1.165, 1.54) is 0 Å². The topological polar surface area (TPSA) is 103 Å². The fourth-order valence-electron chi connectivity index (χ4n) is 2.28. The van der Waals surface area contributed by atoms with E-state index in [1.807, 2.05) is 0 Å². The number of hydrogen-bond donors (Lipinski definition) is 3. The second-order valence-corrected chi connectivity index (χ2v) is 4.85. The van der Waals surface area contributed by atoms with Gasteiger partial charge in [-0.2, -0.15) is 0 Å². The van der Waals surface area contributed by atoms with Gasteiger partial charge in [0.25, 0.3) is 0 Å². The second-order valence-electron chi connectivity index (χ2n) is 4.85. The monoisotopic (exact) mass is 279 g/mol. The lowest BCUT2D eigenvalue weighted by atomic mass is 10.1. The number of likely N-dealkylation sites (tertiary alicyclic amines) is 1. The summed E-state index contributed by atoms with van der Waals surface area (Å²) in [7, 11) is 0. The maximum absolute atomic E-state index is 12.1. The van der Waals surface area contributed by atoms with Crippen molar-refractivity contribution in [2.75, 3.05) is 6.54 Å². The average molecular weight is 279 g/mol. The van der Waals surface area contributed by atoms with Gasteiger partial charge in [0.05, 0.1) is 12.1 Å². The molecule has 0 saturated carbocycles. The van der Waals surface area contributed by atoms with E-state index in [1.54, 1.807) is 31.5 Å². The van der Waals surface area contributed by atoms with Gasteiger partial charge in [-0.05, 0) is 24.6 Å². The number of hydrogen-bond acceptors (Lipinski definition) is 4. The number of carboxylic acid groups (broad SMARTS) is 1. The standard InChI is InChI=1S/C13H17N3O4/c1-8(9-2-4-14-5-3-9)15-13(20)16-7-10(17)6-11(16)12(18)19/h2-5,8,10-11,17H,6-7H2,1H3,(H,15,20)(H,18,19)/t8?,10-,11-/m0/s1. The summed E-state index contributed by atoms with van der Waals surface area (Å²) in [6.45, 7) is 1.83. The molecule has 0 aliphatic carbocycles. The summed E-state index contributed by atoms with van der Waals surface area (Å²) in [5.74, 6) is -1.10. The van der Waals surface area contributed by atoms with Gasteiger partial charge in [0, 0.05) is 25.4 Å². The predicted molar refractivity (Wildman–Crippen MR) is 69.9 cm³/mol. The van der Waals surface area contributed by atoms with Crippen molar-refractivity contribution in [3.8, 4) is 0 Å². The number of pyridine rings is 1. The van der Waals surface area contributed by atoms with Crippen molar-refractivity contribution in [2.45, 2.75) is 31.5 Å². The number of rotatable bonds is 3. The van der Waals surface area contributed by atoms with Crippen LogP contribution < -0.4 is 5.32 Å². The summed E-state index contributed by atoms with van der Waals surface area (Å²) >= 11 is 0. The molecule has 1 saturated heterocycles.